The molecule has 1 saturated carbocycles. The summed E-state index contributed by atoms with van der Waals surface area (Å²) in [4.78, 5) is 0. The molecule has 0 unspecified atom stereocenters. The summed E-state index contributed by atoms with van der Waals surface area (Å²) in [7, 11) is -0.435. The minimum atomic E-state index is -0.474. The number of ether oxygens (including phenoxy) is 2. The average molecular weight is 384 g/mol. The van der Waals surface area contributed by atoms with Crippen molar-refractivity contribution in [2.24, 2.45) is 5.92 Å². The van der Waals surface area contributed by atoms with Gasteiger partial charge in [0.1, 0.15) is 5.75 Å². The average Bonchev–Trinajstić information content (AvgIpc) is 3.43. The lowest BCUT2D eigenvalue weighted by Crippen LogP contribution is -2.41. The van der Waals surface area contributed by atoms with E-state index in [2.05, 4.69) is 0 Å². The number of halogens is 1. The molecule has 4 nitrogen and oxygen atoms in total. The Morgan fingerprint density at radius 3 is 2.18 bits per heavy atom. The third-order valence-corrected chi connectivity index (χ3v) is 5.73. The molecule has 2 aromatic carbocycles. The van der Waals surface area contributed by atoms with Crippen molar-refractivity contribution in [3.63, 3.8) is 0 Å². The highest BCUT2D eigenvalue weighted by Crippen LogP contribution is 2.37. The molecule has 0 atom stereocenters. The Hall–Kier alpha value is -2.05. The van der Waals surface area contributed by atoms with Crippen LogP contribution in [-0.4, -0.2) is 24.9 Å². The lowest BCUT2D eigenvalue weighted by molar-refractivity contribution is 0.00578. The van der Waals surface area contributed by atoms with Gasteiger partial charge in [-0.15, -0.1) is 0 Å². The molecular weight excluding hydrogens is 358 g/mol. The fourth-order valence-electron chi connectivity index (χ4n) is 2.97. The smallest absolute Gasteiger partial charge is 0.490 e. The summed E-state index contributed by atoms with van der Waals surface area (Å²) >= 11 is 0. The normalized spacial score (nSPS) is 20.2. The molecule has 2 fully saturated rings. The molecular formula is C22H26BFO4. The van der Waals surface area contributed by atoms with Crippen LogP contribution >= 0.6 is 0 Å². The number of benzene rings is 2. The van der Waals surface area contributed by atoms with Crippen LogP contribution < -0.4 is 14.9 Å². The monoisotopic (exact) mass is 384 g/mol. The van der Waals surface area contributed by atoms with Crippen LogP contribution in [0.3, 0.4) is 0 Å². The lowest BCUT2D eigenvalue weighted by atomic mass is 9.79. The van der Waals surface area contributed by atoms with Crippen molar-refractivity contribution in [2.75, 3.05) is 6.61 Å². The fourth-order valence-corrected chi connectivity index (χ4v) is 2.97. The second-order valence-corrected chi connectivity index (χ2v) is 8.58. The van der Waals surface area contributed by atoms with Crippen molar-refractivity contribution in [2.45, 2.75) is 51.7 Å². The van der Waals surface area contributed by atoms with Crippen LogP contribution in [0.5, 0.6) is 17.2 Å². The van der Waals surface area contributed by atoms with Crippen LogP contribution in [-0.2, 0) is 9.31 Å². The van der Waals surface area contributed by atoms with Crippen molar-refractivity contribution in [3.05, 3.63) is 48.3 Å². The minimum absolute atomic E-state index is 0.150. The quantitative estimate of drug-likeness (QED) is 0.677. The summed E-state index contributed by atoms with van der Waals surface area (Å²) in [6.45, 7) is 8.64. The molecule has 2 aliphatic rings. The van der Waals surface area contributed by atoms with E-state index in [1.165, 1.54) is 0 Å². The van der Waals surface area contributed by atoms with Gasteiger partial charge in [0.2, 0.25) is 5.82 Å². The minimum Gasteiger partial charge on any atom is -0.490 e. The third kappa shape index (κ3) is 3.89. The van der Waals surface area contributed by atoms with E-state index in [0.717, 1.165) is 18.3 Å². The molecule has 1 saturated heterocycles. The summed E-state index contributed by atoms with van der Waals surface area (Å²) in [5.74, 6) is 1.01. The Balaban J connectivity index is 1.44. The number of hydrogen-bond acceptors (Lipinski definition) is 4. The first-order valence-electron chi connectivity index (χ1n) is 9.80. The van der Waals surface area contributed by atoms with Gasteiger partial charge in [-0.3, -0.25) is 0 Å². The molecule has 148 valence electrons. The second-order valence-electron chi connectivity index (χ2n) is 8.58. The first-order chi connectivity index (χ1) is 13.2. The first kappa shape index (κ1) is 19.3. The predicted octanol–water partition coefficient (Wildman–Crippen LogP) is 4.71. The summed E-state index contributed by atoms with van der Waals surface area (Å²) in [6.07, 6.45) is 2.32. The summed E-state index contributed by atoms with van der Waals surface area (Å²) in [6, 6.07) is 12.3. The first-order valence-corrected chi connectivity index (χ1v) is 9.80. The summed E-state index contributed by atoms with van der Waals surface area (Å²) in [5, 5.41) is 0. The van der Waals surface area contributed by atoms with E-state index in [0.29, 0.717) is 18.3 Å². The van der Waals surface area contributed by atoms with Crippen molar-refractivity contribution in [1.29, 1.82) is 0 Å². The van der Waals surface area contributed by atoms with E-state index < -0.39 is 24.1 Å². The van der Waals surface area contributed by atoms with Crippen LogP contribution in [0.1, 0.15) is 40.5 Å². The molecule has 1 heterocycles. The van der Waals surface area contributed by atoms with E-state index >= 15 is 0 Å². The van der Waals surface area contributed by atoms with Crippen molar-refractivity contribution < 1.29 is 23.2 Å². The Kier molecular flexibility index (Phi) is 4.88. The Labute approximate surface area is 166 Å². The molecule has 4 rings (SSSR count). The Morgan fingerprint density at radius 1 is 0.964 bits per heavy atom. The van der Waals surface area contributed by atoms with Crippen LogP contribution in [0, 0.1) is 11.7 Å². The van der Waals surface area contributed by atoms with E-state index in [-0.39, 0.29) is 11.5 Å². The zero-order valence-corrected chi connectivity index (χ0v) is 16.8. The maximum absolute atomic E-state index is 14.6. The highest BCUT2D eigenvalue weighted by Gasteiger charge is 2.51. The molecule has 2 aromatic rings. The molecule has 0 amide bonds. The van der Waals surface area contributed by atoms with Crippen LogP contribution in [0.4, 0.5) is 4.39 Å². The van der Waals surface area contributed by atoms with Gasteiger partial charge in [0.25, 0.3) is 0 Å². The van der Waals surface area contributed by atoms with Crippen molar-refractivity contribution in [1.82, 2.24) is 0 Å². The Bertz CT molecular complexity index is 830. The van der Waals surface area contributed by atoms with Gasteiger partial charge < -0.3 is 18.8 Å². The molecule has 0 bridgehead atoms. The summed E-state index contributed by atoms with van der Waals surface area (Å²) < 4.78 is 38.1. The van der Waals surface area contributed by atoms with Crippen LogP contribution in [0.2, 0.25) is 0 Å². The van der Waals surface area contributed by atoms with Gasteiger partial charge in [-0.05, 0) is 76.2 Å². The third-order valence-electron chi connectivity index (χ3n) is 5.73. The maximum atomic E-state index is 14.6. The summed E-state index contributed by atoms with van der Waals surface area (Å²) in [5.41, 5.74) is 0.112. The fraction of sp³-hybridized carbons (Fsp3) is 0.455. The molecule has 1 aliphatic heterocycles. The lowest BCUT2D eigenvalue weighted by Gasteiger charge is -2.32. The predicted molar refractivity (Wildman–Crippen MR) is 107 cm³/mol. The SMILES string of the molecule is CC1(C)OB(c2ccc(Oc3cccc(OCC4CC4)c3F)cc2)OC1(C)C. The molecule has 28 heavy (non-hydrogen) atoms. The molecule has 1 aliphatic carbocycles. The van der Waals surface area contributed by atoms with Gasteiger partial charge in [-0.1, -0.05) is 18.2 Å². The maximum Gasteiger partial charge on any atom is 0.494 e. The van der Waals surface area contributed by atoms with Crippen molar-refractivity contribution in [3.8, 4) is 17.2 Å². The van der Waals surface area contributed by atoms with Gasteiger partial charge in [0.05, 0.1) is 17.8 Å². The zero-order valence-electron chi connectivity index (χ0n) is 16.8. The van der Waals surface area contributed by atoms with Gasteiger partial charge in [0.15, 0.2) is 11.5 Å². The number of hydrogen-bond donors (Lipinski definition) is 0. The van der Waals surface area contributed by atoms with Gasteiger partial charge in [-0.2, -0.15) is 4.39 Å². The van der Waals surface area contributed by atoms with Crippen LogP contribution in [0.25, 0.3) is 0 Å². The van der Waals surface area contributed by atoms with E-state index in [9.17, 15) is 4.39 Å². The highest BCUT2D eigenvalue weighted by atomic mass is 19.1. The van der Waals surface area contributed by atoms with Crippen molar-refractivity contribution >= 4 is 12.6 Å². The van der Waals surface area contributed by atoms with E-state index in [1.54, 1.807) is 30.3 Å². The molecule has 0 spiro atoms. The molecule has 0 radical (unpaired) electrons. The van der Waals surface area contributed by atoms with Gasteiger partial charge in [-0.25, -0.2) is 0 Å². The molecule has 6 heteroatoms. The molecule has 0 aromatic heterocycles. The largest absolute Gasteiger partial charge is 0.494 e. The second kappa shape index (κ2) is 7.09. The topological polar surface area (TPSA) is 36.9 Å². The number of rotatable bonds is 6. The van der Waals surface area contributed by atoms with E-state index in [4.69, 9.17) is 18.8 Å². The standard InChI is InChI=1S/C22H26BFO4/c1-21(2)22(3,4)28-23(27-21)16-10-12-17(13-11-16)26-19-7-5-6-18(20(19)24)25-14-15-8-9-15/h5-7,10-13,15H,8-9,14H2,1-4H3. The van der Waals surface area contributed by atoms with Gasteiger partial charge in [0, 0.05) is 0 Å². The van der Waals surface area contributed by atoms with Gasteiger partial charge >= 0.3 is 7.12 Å². The Morgan fingerprint density at radius 2 is 1.57 bits per heavy atom. The van der Waals surface area contributed by atoms with E-state index in [1.807, 2.05) is 39.8 Å². The molecule has 0 N–H and O–H groups in total. The zero-order chi connectivity index (χ0) is 19.9. The highest BCUT2D eigenvalue weighted by molar-refractivity contribution is 6.62. The van der Waals surface area contributed by atoms with Crippen LogP contribution in [0.15, 0.2) is 42.5 Å².